The van der Waals surface area contributed by atoms with E-state index in [4.69, 9.17) is 16.8 Å². The number of carbonyl (C=O) groups is 1. The van der Waals surface area contributed by atoms with Crippen molar-refractivity contribution in [3.63, 3.8) is 0 Å². The Kier molecular flexibility index (Phi) is 2.27. The smallest absolute Gasteiger partial charge is 0.335 e. The lowest BCUT2D eigenvalue weighted by Gasteiger charge is -2.10. The molecule has 0 aromatic heterocycles. The number of carboxylic acid groups (broad SMARTS) is 1. The van der Waals surface area contributed by atoms with Crippen molar-refractivity contribution in [3.8, 4) is 0 Å². The fraction of sp³-hybridized carbons (Fsp3) is 0. The van der Waals surface area contributed by atoms with Gasteiger partial charge in [0.05, 0.1) is 11.3 Å². The minimum absolute atomic E-state index is 0.209. The zero-order chi connectivity index (χ0) is 9.14. The molecule has 0 unspecified atom stereocenters. The van der Waals surface area contributed by atoms with Gasteiger partial charge >= 0.3 is 5.97 Å². The van der Waals surface area contributed by atoms with Crippen molar-refractivity contribution < 1.29 is 9.90 Å². The van der Waals surface area contributed by atoms with Crippen LogP contribution < -0.4 is 16.8 Å². The van der Waals surface area contributed by atoms with Crippen LogP contribution >= 0.6 is 0 Å². The van der Waals surface area contributed by atoms with Gasteiger partial charge in [0.15, 0.2) is 0 Å². The molecule has 0 aliphatic heterocycles. The van der Waals surface area contributed by atoms with E-state index in [1.54, 1.807) is 0 Å². The van der Waals surface area contributed by atoms with Crippen LogP contribution in [0.1, 0.15) is 10.4 Å². The predicted molar refractivity (Wildman–Crippen MR) is 44.3 cm³/mol. The topological polar surface area (TPSA) is 92.6 Å². The van der Waals surface area contributed by atoms with Gasteiger partial charge in [-0.05, 0) is 24.3 Å². The Morgan fingerprint density at radius 2 is 1.75 bits per heavy atom. The first-order valence-electron chi connectivity index (χ1n) is 3.24. The van der Waals surface area contributed by atoms with Crippen molar-refractivity contribution in [2.75, 3.05) is 5.12 Å². The Labute approximate surface area is 69.1 Å². The Hall–Kier alpha value is -1.59. The fourth-order valence-electron chi connectivity index (χ4n) is 0.776. The molecule has 0 aliphatic rings. The Bertz CT molecular complexity index is 281. The van der Waals surface area contributed by atoms with Crippen molar-refractivity contribution in [1.82, 2.24) is 0 Å². The summed E-state index contributed by atoms with van der Waals surface area (Å²) in [5.41, 5.74) is 0.764. The van der Waals surface area contributed by atoms with Gasteiger partial charge in [-0.15, -0.1) is 0 Å². The third kappa shape index (κ3) is 1.71. The number of carboxylic acids is 1. The number of aromatic carboxylic acids is 1. The van der Waals surface area contributed by atoms with Crippen LogP contribution in [0.5, 0.6) is 0 Å². The van der Waals surface area contributed by atoms with Crippen LogP contribution in [0.4, 0.5) is 5.69 Å². The maximum atomic E-state index is 10.4. The summed E-state index contributed by atoms with van der Waals surface area (Å²) in [5.74, 6) is 9.44. The van der Waals surface area contributed by atoms with E-state index in [0.29, 0.717) is 5.69 Å². The molecule has 12 heavy (non-hydrogen) atoms. The molecule has 5 heteroatoms. The molecule has 0 fully saturated rings. The van der Waals surface area contributed by atoms with Crippen molar-refractivity contribution in [2.45, 2.75) is 0 Å². The Morgan fingerprint density at radius 3 is 2.08 bits per heavy atom. The first kappa shape index (κ1) is 8.51. The number of anilines is 1. The minimum atomic E-state index is -0.970. The van der Waals surface area contributed by atoms with Crippen molar-refractivity contribution >= 4 is 11.7 Å². The number of benzene rings is 1. The molecule has 1 rings (SSSR count). The molecule has 0 saturated carbocycles. The highest BCUT2D eigenvalue weighted by Gasteiger charge is 2.01. The minimum Gasteiger partial charge on any atom is -0.478 e. The molecule has 1 aromatic carbocycles. The van der Waals surface area contributed by atoms with E-state index in [9.17, 15) is 4.79 Å². The lowest BCUT2D eigenvalue weighted by atomic mass is 10.2. The third-order valence-corrected chi connectivity index (χ3v) is 1.41. The summed E-state index contributed by atoms with van der Waals surface area (Å²) >= 11 is 0. The molecule has 64 valence electrons. The van der Waals surface area contributed by atoms with Gasteiger partial charge < -0.3 is 5.11 Å². The number of hydrogen-bond acceptors (Lipinski definition) is 4. The van der Waals surface area contributed by atoms with Gasteiger partial charge in [0.25, 0.3) is 0 Å². The maximum Gasteiger partial charge on any atom is 0.335 e. The zero-order valence-corrected chi connectivity index (χ0v) is 6.27. The van der Waals surface area contributed by atoms with Crippen LogP contribution in [0.25, 0.3) is 0 Å². The highest BCUT2D eigenvalue weighted by atomic mass is 16.4. The third-order valence-electron chi connectivity index (χ3n) is 1.41. The number of nitrogens with two attached hydrogens (primary N) is 2. The molecule has 1 aromatic rings. The van der Waals surface area contributed by atoms with Gasteiger partial charge in [0, 0.05) is 0 Å². The van der Waals surface area contributed by atoms with Crippen molar-refractivity contribution in [2.24, 2.45) is 11.7 Å². The summed E-state index contributed by atoms with van der Waals surface area (Å²) in [4.78, 5) is 10.4. The molecular formula is C7H9N3O2. The van der Waals surface area contributed by atoms with E-state index in [-0.39, 0.29) is 5.56 Å². The van der Waals surface area contributed by atoms with Gasteiger partial charge in [0.1, 0.15) is 0 Å². The van der Waals surface area contributed by atoms with Crippen molar-refractivity contribution in [1.29, 1.82) is 0 Å². The van der Waals surface area contributed by atoms with Crippen LogP contribution in [0, 0.1) is 0 Å². The summed E-state index contributed by atoms with van der Waals surface area (Å²) in [5, 5.41) is 9.46. The normalized spacial score (nSPS) is 9.50. The van der Waals surface area contributed by atoms with Gasteiger partial charge in [-0.2, -0.15) is 0 Å². The molecule has 0 amide bonds. The summed E-state index contributed by atoms with van der Waals surface area (Å²) in [6, 6.07) is 5.93. The second kappa shape index (κ2) is 3.21. The molecular weight excluding hydrogens is 158 g/mol. The first-order valence-corrected chi connectivity index (χ1v) is 3.24. The average molecular weight is 167 g/mol. The monoisotopic (exact) mass is 167 g/mol. The van der Waals surface area contributed by atoms with Gasteiger partial charge in [-0.3, -0.25) is 0 Å². The van der Waals surface area contributed by atoms with Crippen LogP contribution in [0.2, 0.25) is 0 Å². The van der Waals surface area contributed by atoms with Gasteiger partial charge in [0.2, 0.25) is 0 Å². The molecule has 0 spiro atoms. The van der Waals surface area contributed by atoms with Gasteiger partial charge in [-0.1, -0.05) is 0 Å². The van der Waals surface area contributed by atoms with Crippen LogP contribution in [0.3, 0.4) is 0 Å². The summed E-state index contributed by atoms with van der Waals surface area (Å²) in [6.45, 7) is 0. The van der Waals surface area contributed by atoms with Crippen LogP contribution in [-0.4, -0.2) is 11.1 Å². The number of hydrogen-bond donors (Lipinski definition) is 3. The average Bonchev–Trinajstić information content (AvgIpc) is 2.04. The second-order valence-electron chi connectivity index (χ2n) is 2.26. The summed E-state index contributed by atoms with van der Waals surface area (Å²) in [6.07, 6.45) is 0. The maximum absolute atomic E-state index is 10.4. The molecule has 0 bridgehead atoms. The second-order valence-corrected chi connectivity index (χ2v) is 2.26. The number of hydrazine groups is 2. The van der Waals surface area contributed by atoms with E-state index in [0.717, 1.165) is 5.12 Å². The Balaban J connectivity index is 2.93. The van der Waals surface area contributed by atoms with E-state index < -0.39 is 5.97 Å². The summed E-state index contributed by atoms with van der Waals surface area (Å²) < 4.78 is 0. The molecule has 5 N–H and O–H groups in total. The quantitative estimate of drug-likeness (QED) is 0.424. The van der Waals surface area contributed by atoms with E-state index in [1.807, 2.05) is 0 Å². The van der Waals surface area contributed by atoms with Crippen LogP contribution in [-0.2, 0) is 0 Å². The molecule has 0 heterocycles. The lowest BCUT2D eigenvalue weighted by Crippen LogP contribution is -2.37. The van der Waals surface area contributed by atoms with Gasteiger partial charge in [-0.25, -0.2) is 21.6 Å². The highest BCUT2D eigenvalue weighted by molar-refractivity contribution is 5.87. The predicted octanol–water partition coefficient (Wildman–Crippen LogP) is -0.0614. The van der Waals surface area contributed by atoms with Crippen LogP contribution in [0.15, 0.2) is 24.3 Å². The van der Waals surface area contributed by atoms with E-state index in [1.165, 1.54) is 24.3 Å². The zero-order valence-electron chi connectivity index (χ0n) is 6.27. The van der Waals surface area contributed by atoms with E-state index in [2.05, 4.69) is 0 Å². The summed E-state index contributed by atoms with van der Waals surface area (Å²) in [7, 11) is 0. The molecule has 5 nitrogen and oxygen atoms in total. The highest BCUT2D eigenvalue weighted by Crippen LogP contribution is 2.09. The first-order chi connectivity index (χ1) is 5.61. The lowest BCUT2D eigenvalue weighted by molar-refractivity contribution is 0.0697. The molecule has 0 aliphatic carbocycles. The molecule has 0 radical (unpaired) electrons. The number of nitrogens with zero attached hydrogens (tertiary/aromatic N) is 1. The Morgan fingerprint density at radius 1 is 1.25 bits per heavy atom. The standard InChI is InChI=1S/C7H9N3O2/c8-10(9)6-3-1-5(2-4-6)7(11)12/h1-4H,8-9H2,(H,11,12). The molecule has 0 saturated heterocycles. The molecule has 0 atom stereocenters. The largest absolute Gasteiger partial charge is 0.478 e. The van der Waals surface area contributed by atoms with Crippen molar-refractivity contribution in [3.05, 3.63) is 29.8 Å². The SMILES string of the molecule is NN(N)c1ccc(C(=O)O)cc1. The number of rotatable bonds is 2. The van der Waals surface area contributed by atoms with E-state index >= 15 is 0 Å². The fourth-order valence-corrected chi connectivity index (χ4v) is 0.776.